The molecule has 1 aromatic carbocycles. The van der Waals surface area contributed by atoms with Crippen molar-refractivity contribution in [1.82, 2.24) is 24.7 Å². The highest BCUT2D eigenvalue weighted by atomic mass is 35.5. The molecular formula is C23H24ClN5O3. The van der Waals surface area contributed by atoms with Gasteiger partial charge in [0.2, 0.25) is 0 Å². The molecule has 0 aliphatic carbocycles. The number of nitrogens with zero attached hydrogens (tertiary/aromatic N) is 5. The first-order valence-electron chi connectivity index (χ1n) is 10.9. The molecule has 0 unspecified atom stereocenters. The predicted molar refractivity (Wildman–Crippen MR) is 119 cm³/mol. The van der Waals surface area contributed by atoms with Crippen molar-refractivity contribution in [2.24, 2.45) is 0 Å². The molecule has 8 nitrogen and oxygen atoms in total. The van der Waals surface area contributed by atoms with Gasteiger partial charge in [-0.25, -0.2) is 0 Å². The van der Waals surface area contributed by atoms with Gasteiger partial charge in [0.15, 0.2) is 5.69 Å². The normalized spacial score (nSPS) is 16.2. The summed E-state index contributed by atoms with van der Waals surface area (Å²) in [5.41, 5.74) is 3.15. The van der Waals surface area contributed by atoms with Crippen LogP contribution in [0.4, 0.5) is 0 Å². The fourth-order valence-corrected chi connectivity index (χ4v) is 4.64. The second-order valence-electron chi connectivity index (χ2n) is 8.23. The number of carbonyl (C=O) groups is 2. The molecule has 166 valence electrons. The summed E-state index contributed by atoms with van der Waals surface area (Å²) in [6, 6.07) is 9.16. The minimum absolute atomic E-state index is 0.0723. The smallest absolute Gasteiger partial charge is 0.274 e. The second kappa shape index (κ2) is 8.43. The van der Waals surface area contributed by atoms with E-state index in [1.807, 2.05) is 28.9 Å². The highest BCUT2D eigenvalue weighted by Crippen LogP contribution is 2.32. The number of carbonyl (C=O) groups excluding carboxylic acids is 2. The van der Waals surface area contributed by atoms with Crippen molar-refractivity contribution in [2.75, 3.05) is 26.2 Å². The van der Waals surface area contributed by atoms with Crippen molar-refractivity contribution in [3.8, 4) is 11.3 Å². The first-order valence-corrected chi connectivity index (χ1v) is 11.3. The van der Waals surface area contributed by atoms with Crippen LogP contribution in [0.2, 0.25) is 5.02 Å². The van der Waals surface area contributed by atoms with E-state index in [9.17, 15) is 9.59 Å². The molecule has 5 rings (SSSR count). The first-order chi connectivity index (χ1) is 15.5. The van der Waals surface area contributed by atoms with Crippen LogP contribution in [0, 0.1) is 6.92 Å². The van der Waals surface area contributed by atoms with E-state index >= 15 is 0 Å². The number of aromatic nitrogens is 3. The van der Waals surface area contributed by atoms with E-state index in [0.29, 0.717) is 59.5 Å². The fourth-order valence-electron chi connectivity index (χ4n) is 4.42. The van der Waals surface area contributed by atoms with Gasteiger partial charge in [-0.15, -0.1) is 0 Å². The summed E-state index contributed by atoms with van der Waals surface area (Å²) in [4.78, 5) is 29.8. The van der Waals surface area contributed by atoms with Gasteiger partial charge in [0.25, 0.3) is 11.8 Å². The molecule has 2 aliphatic rings. The van der Waals surface area contributed by atoms with Crippen molar-refractivity contribution >= 4 is 23.4 Å². The highest BCUT2D eigenvalue weighted by molar-refractivity contribution is 6.33. The maximum absolute atomic E-state index is 13.3. The number of amides is 2. The molecule has 4 heterocycles. The molecule has 2 aromatic heterocycles. The number of halogens is 1. The van der Waals surface area contributed by atoms with Crippen LogP contribution in [0.3, 0.4) is 0 Å². The lowest BCUT2D eigenvalue weighted by Crippen LogP contribution is -2.50. The van der Waals surface area contributed by atoms with E-state index < -0.39 is 0 Å². The SMILES string of the molecule is Cc1onc(-c2ccccc2Cl)c1C(=O)N1CCN(C(=O)c2cc3n(n2)CCCC3)CC1. The van der Waals surface area contributed by atoms with E-state index in [1.54, 1.807) is 22.8 Å². The lowest BCUT2D eigenvalue weighted by Gasteiger charge is -2.34. The van der Waals surface area contributed by atoms with Gasteiger partial charge in [-0.2, -0.15) is 5.10 Å². The van der Waals surface area contributed by atoms with Crippen LogP contribution in [-0.4, -0.2) is 62.7 Å². The Labute approximate surface area is 190 Å². The van der Waals surface area contributed by atoms with Gasteiger partial charge in [0.1, 0.15) is 17.0 Å². The van der Waals surface area contributed by atoms with Crippen LogP contribution in [0.1, 0.15) is 45.1 Å². The Bertz CT molecular complexity index is 1150. The lowest BCUT2D eigenvalue weighted by atomic mass is 10.0. The van der Waals surface area contributed by atoms with E-state index in [1.165, 1.54) is 0 Å². The molecule has 0 radical (unpaired) electrons. The van der Waals surface area contributed by atoms with Crippen LogP contribution in [0.25, 0.3) is 11.3 Å². The summed E-state index contributed by atoms with van der Waals surface area (Å²) in [7, 11) is 0. The van der Waals surface area contributed by atoms with E-state index in [4.69, 9.17) is 16.1 Å². The molecule has 0 bridgehead atoms. The molecule has 0 N–H and O–H groups in total. The molecule has 0 spiro atoms. The molecule has 0 atom stereocenters. The first kappa shape index (κ1) is 20.8. The largest absolute Gasteiger partial charge is 0.360 e. The molecule has 0 saturated carbocycles. The summed E-state index contributed by atoms with van der Waals surface area (Å²) >= 11 is 6.32. The van der Waals surface area contributed by atoms with Crippen LogP contribution in [-0.2, 0) is 13.0 Å². The fraction of sp³-hybridized carbons (Fsp3) is 0.391. The molecule has 9 heteroatoms. The molecule has 32 heavy (non-hydrogen) atoms. The average Bonchev–Trinajstić information content (AvgIpc) is 3.42. The van der Waals surface area contributed by atoms with E-state index in [2.05, 4.69) is 10.3 Å². The van der Waals surface area contributed by atoms with Crippen LogP contribution in [0.15, 0.2) is 34.9 Å². The molecular weight excluding hydrogens is 430 g/mol. The maximum atomic E-state index is 13.3. The zero-order chi connectivity index (χ0) is 22.2. The number of rotatable bonds is 3. The van der Waals surface area contributed by atoms with Gasteiger partial charge in [0.05, 0.1) is 5.02 Å². The standard InChI is InChI=1S/C23H24ClN5O3/c1-15-20(21(26-32-15)17-7-2-3-8-18(17)24)23(31)28-12-10-27(11-13-28)22(30)19-14-16-6-4-5-9-29(16)25-19/h2-3,7-8,14H,4-6,9-13H2,1H3. The van der Waals surface area contributed by atoms with E-state index in [0.717, 1.165) is 31.5 Å². The third-order valence-electron chi connectivity index (χ3n) is 6.19. The number of hydrogen-bond acceptors (Lipinski definition) is 5. The summed E-state index contributed by atoms with van der Waals surface area (Å²) in [6.07, 6.45) is 3.20. The Hall–Kier alpha value is -3.13. The predicted octanol–water partition coefficient (Wildman–Crippen LogP) is 3.43. The monoisotopic (exact) mass is 453 g/mol. The second-order valence-corrected chi connectivity index (χ2v) is 8.63. The lowest BCUT2D eigenvalue weighted by molar-refractivity contribution is 0.0531. The highest BCUT2D eigenvalue weighted by Gasteiger charge is 2.31. The number of benzene rings is 1. The Morgan fingerprint density at radius 2 is 1.72 bits per heavy atom. The number of fused-ring (bicyclic) bond motifs is 1. The Kier molecular flexibility index (Phi) is 5.46. The minimum Gasteiger partial charge on any atom is -0.360 e. The summed E-state index contributed by atoms with van der Waals surface area (Å²) in [5, 5.41) is 9.10. The van der Waals surface area contributed by atoms with Gasteiger partial charge in [0, 0.05) is 44.0 Å². The van der Waals surface area contributed by atoms with Gasteiger partial charge in [-0.05, 0) is 38.3 Å². The third-order valence-corrected chi connectivity index (χ3v) is 6.52. The molecule has 3 aromatic rings. The summed E-state index contributed by atoms with van der Waals surface area (Å²) in [6.45, 7) is 4.38. The Morgan fingerprint density at radius 3 is 2.44 bits per heavy atom. The van der Waals surface area contributed by atoms with E-state index in [-0.39, 0.29) is 11.8 Å². The summed E-state index contributed by atoms with van der Waals surface area (Å²) < 4.78 is 7.29. The quantitative estimate of drug-likeness (QED) is 0.606. The zero-order valence-corrected chi connectivity index (χ0v) is 18.6. The van der Waals surface area contributed by atoms with Crippen molar-refractivity contribution < 1.29 is 14.1 Å². The van der Waals surface area contributed by atoms with Crippen molar-refractivity contribution in [1.29, 1.82) is 0 Å². The number of aryl methyl sites for hydroxylation is 3. The number of hydrogen-bond donors (Lipinski definition) is 0. The summed E-state index contributed by atoms with van der Waals surface area (Å²) in [5.74, 6) is 0.215. The van der Waals surface area contributed by atoms with Crippen molar-refractivity contribution in [3.63, 3.8) is 0 Å². The molecule has 1 fully saturated rings. The zero-order valence-electron chi connectivity index (χ0n) is 17.9. The minimum atomic E-state index is -0.164. The Morgan fingerprint density at radius 1 is 1.00 bits per heavy atom. The van der Waals surface area contributed by atoms with Gasteiger partial charge in [-0.3, -0.25) is 14.3 Å². The van der Waals surface area contributed by atoms with Crippen LogP contribution in [0.5, 0.6) is 0 Å². The van der Waals surface area contributed by atoms with Gasteiger partial charge >= 0.3 is 0 Å². The Balaban J connectivity index is 1.29. The average molecular weight is 454 g/mol. The molecule has 2 aliphatic heterocycles. The molecule has 2 amide bonds. The van der Waals surface area contributed by atoms with Crippen molar-refractivity contribution in [2.45, 2.75) is 32.7 Å². The third kappa shape index (κ3) is 3.68. The molecule has 1 saturated heterocycles. The van der Waals surface area contributed by atoms with Crippen molar-refractivity contribution in [3.05, 3.63) is 58.1 Å². The van der Waals surface area contributed by atoms with Crippen LogP contribution >= 0.6 is 11.6 Å². The van der Waals surface area contributed by atoms with Gasteiger partial charge < -0.3 is 14.3 Å². The van der Waals surface area contributed by atoms with Gasteiger partial charge in [-0.1, -0.05) is 35.0 Å². The number of piperazine rings is 1. The topological polar surface area (TPSA) is 84.5 Å². The van der Waals surface area contributed by atoms with Crippen LogP contribution < -0.4 is 0 Å². The maximum Gasteiger partial charge on any atom is 0.274 e.